The van der Waals surface area contributed by atoms with Crippen molar-refractivity contribution < 1.29 is 24.2 Å². The quantitative estimate of drug-likeness (QED) is 0.617. The van der Waals surface area contributed by atoms with E-state index < -0.39 is 18.2 Å². The van der Waals surface area contributed by atoms with Crippen LogP contribution in [0.3, 0.4) is 0 Å². The zero-order chi connectivity index (χ0) is 16.9. The van der Waals surface area contributed by atoms with E-state index >= 15 is 0 Å². The van der Waals surface area contributed by atoms with Gasteiger partial charge in [-0.25, -0.2) is 4.79 Å². The third-order valence-electron chi connectivity index (χ3n) is 5.31. The van der Waals surface area contributed by atoms with E-state index in [0.717, 1.165) is 11.1 Å². The van der Waals surface area contributed by atoms with Crippen LogP contribution in [0.4, 0.5) is 0 Å². The van der Waals surface area contributed by atoms with Gasteiger partial charge in [0.15, 0.2) is 0 Å². The van der Waals surface area contributed by atoms with E-state index in [1.54, 1.807) is 13.0 Å². The molecule has 0 unspecified atom stereocenters. The van der Waals surface area contributed by atoms with Gasteiger partial charge in [-0.2, -0.15) is 0 Å². The fourth-order valence-electron chi connectivity index (χ4n) is 3.61. The molecule has 124 valence electrons. The number of aliphatic hydroxyl groups excluding tert-OH is 1. The number of hydrogen-bond donors (Lipinski definition) is 1. The van der Waals surface area contributed by atoms with Crippen LogP contribution in [0.1, 0.15) is 27.2 Å². The highest BCUT2D eigenvalue weighted by Crippen LogP contribution is 2.53. The van der Waals surface area contributed by atoms with Gasteiger partial charge in [0.2, 0.25) is 0 Å². The number of rotatable bonds is 2. The number of halogens is 1. The van der Waals surface area contributed by atoms with Gasteiger partial charge in [0.1, 0.15) is 23.8 Å². The Balaban J connectivity index is 2.01. The summed E-state index contributed by atoms with van der Waals surface area (Å²) in [6.45, 7) is 5.74. The highest BCUT2D eigenvalue weighted by Gasteiger charge is 2.50. The molecule has 23 heavy (non-hydrogen) atoms. The lowest BCUT2D eigenvalue weighted by Gasteiger charge is -2.47. The summed E-state index contributed by atoms with van der Waals surface area (Å²) < 4.78 is 10.6. The van der Waals surface area contributed by atoms with Crippen molar-refractivity contribution in [3.63, 3.8) is 0 Å². The fraction of sp³-hybridized carbons (Fsp3) is 0.529. The van der Waals surface area contributed by atoms with Crippen LogP contribution >= 0.6 is 11.6 Å². The first-order valence-corrected chi connectivity index (χ1v) is 8.11. The molecule has 0 bridgehead atoms. The van der Waals surface area contributed by atoms with Gasteiger partial charge in [-0.15, -0.1) is 11.6 Å². The SMILES string of the molecule is CC1=C2C[C@@]3(C)C(=C[C@H](O)[C@H](OC(=O)CCl)[C@@H]3C)C=C2OC1=O. The van der Waals surface area contributed by atoms with Gasteiger partial charge < -0.3 is 14.6 Å². The molecule has 0 aromatic heterocycles. The van der Waals surface area contributed by atoms with Gasteiger partial charge in [0.25, 0.3) is 0 Å². The number of carbonyl (C=O) groups is 2. The van der Waals surface area contributed by atoms with Crippen molar-refractivity contribution in [3.05, 3.63) is 34.6 Å². The molecule has 0 saturated heterocycles. The Bertz CT molecular complexity index is 674. The lowest BCUT2D eigenvalue weighted by atomic mass is 9.60. The molecule has 6 heteroatoms. The minimum atomic E-state index is -0.916. The van der Waals surface area contributed by atoms with Crippen molar-refractivity contribution in [2.75, 3.05) is 5.88 Å². The number of esters is 2. The largest absolute Gasteiger partial charge is 0.458 e. The van der Waals surface area contributed by atoms with Gasteiger partial charge in [-0.3, -0.25) is 4.79 Å². The molecule has 3 aliphatic rings. The zero-order valence-corrected chi connectivity index (χ0v) is 14.0. The standard InChI is InChI=1S/C17H19ClO5/c1-8-11-6-17(3)9(2)15(23-14(20)7-18)12(19)4-10(17)5-13(11)22-16(8)21/h4-5,9,12,15,19H,6-7H2,1-3H3/t9-,12-,15+,17+/m0/s1. The average molecular weight is 339 g/mol. The third kappa shape index (κ3) is 2.42. The van der Waals surface area contributed by atoms with E-state index in [1.165, 1.54) is 0 Å². The second kappa shape index (κ2) is 5.49. The number of fused-ring (bicyclic) bond motifs is 2. The van der Waals surface area contributed by atoms with E-state index in [1.807, 2.05) is 19.9 Å². The van der Waals surface area contributed by atoms with Crippen LogP contribution in [0.25, 0.3) is 0 Å². The highest BCUT2D eigenvalue weighted by molar-refractivity contribution is 6.26. The van der Waals surface area contributed by atoms with E-state index in [2.05, 4.69) is 0 Å². The molecule has 0 radical (unpaired) electrons. The van der Waals surface area contributed by atoms with Gasteiger partial charge in [0.05, 0.1) is 0 Å². The molecule has 1 heterocycles. The number of allylic oxidation sites excluding steroid dienone is 3. The predicted octanol–water partition coefficient (Wildman–Crippen LogP) is 2.24. The summed E-state index contributed by atoms with van der Waals surface area (Å²) in [5.74, 6) is -0.706. The maximum absolute atomic E-state index is 11.8. The molecule has 1 aliphatic heterocycles. The van der Waals surface area contributed by atoms with Crippen LogP contribution in [0.2, 0.25) is 0 Å². The lowest BCUT2D eigenvalue weighted by Crippen LogP contribution is -2.49. The first kappa shape index (κ1) is 16.3. The van der Waals surface area contributed by atoms with Crippen molar-refractivity contribution >= 4 is 23.5 Å². The number of ether oxygens (including phenoxy) is 2. The molecule has 0 aromatic carbocycles. The minimum absolute atomic E-state index is 0.140. The molecular formula is C17H19ClO5. The van der Waals surface area contributed by atoms with Gasteiger partial charge in [0, 0.05) is 22.5 Å². The number of hydrogen-bond acceptors (Lipinski definition) is 5. The Morgan fingerprint density at radius 3 is 2.91 bits per heavy atom. The average Bonchev–Trinajstić information content (AvgIpc) is 2.77. The predicted molar refractivity (Wildman–Crippen MR) is 83.5 cm³/mol. The second-order valence-electron chi connectivity index (χ2n) is 6.59. The number of aliphatic hydroxyl groups is 1. The minimum Gasteiger partial charge on any atom is -0.458 e. The normalized spacial score (nSPS) is 35.9. The molecule has 0 aromatic rings. The van der Waals surface area contributed by atoms with E-state index in [0.29, 0.717) is 17.8 Å². The summed E-state index contributed by atoms with van der Waals surface area (Å²) >= 11 is 5.50. The molecular weight excluding hydrogens is 320 g/mol. The van der Waals surface area contributed by atoms with Gasteiger partial charge >= 0.3 is 11.9 Å². The van der Waals surface area contributed by atoms with Crippen molar-refractivity contribution in [2.45, 2.75) is 39.4 Å². The van der Waals surface area contributed by atoms with Crippen molar-refractivity contribution in [1.82, 2.24) is 0 Å². The summed E-state index contributed by atoms with van der Waals surface area (Å²) in [5.41, 5.74) is 2.05. The van der Waals surface area contributed by atoms with Gasteiger partial charge in [-0.05, 0) is 31.1 Å². The molecule has 5 nitrogen and oxygen atoms in total. The molecule has 3 rings (SSSR count). The van der Waals surface area contributed by atoms with Crippen molar-refractivity contribution in [1.29, 1.82) is 0 Å². The van der Waals surface area contributed by atoms with Crippen molar-refractivity contribution in [2.24, 2.45) is 11.3 Å². The first-order valence-electron chi connectivity index (χ1n) is 7.57. The molecule has 2 aliphatic carbocycles. The van der Waals surface area contributed by atoms with Crippen LogP contribution < -0.4 is 0 Å². The number of carbonyl (C=O) groups excluding carboxylic acids is 2. The molecule has 0 fully saturated rings. The summed E-state index contributed by atoms with van der Waals surface area (Å²) in [6, 6.07) is 0. The Kier molecular flexibility index (Phi) is 3.89. The maximum atomic E-state index is 11.8. The molecule has 1 N–H and O–H groups in total. The topological polar surface area (TPSA) is 72.8 Å². The van der Waals surface area contributed by atoms with Crippen LogP contribution in [0, 0.1) is 11.3 Å². The summed E-state index contributed by atoms with van der Waals surface area (Å²) in [7, 11) is 0. The zero-order valence-electron chi connectivity index (χ0n) is 13.3. The van der Waals surface area contributed by atoms with Crippen molar-refractivity contribution in [3.8, 4) is 0 Å². The second-order valence-corrected chi connectivity index (χ2v) is 6.85. The maximum Gasteiger partial charge on any atom is 0.339 e. The Morgan fingerprint density at radius 2 is 2.26 bits per heavy atom. The highest BCUT2D eigenvalue weighted by atomic mass is 35.5. The molecule has 0 spiro atoms. The van der Waals surface area contributed by atoms with E-state index in [-0.39, 0.29) is 23.2 Å². The van der Waals surface area contributed by atoms with Crippen LogP contribution in [-0.2, 0) is 19.1 Å². The Labute approximate surface area is 139 Å². The van der Waals surface area contributed by atoms with Gasteiger partial charge in [-0.1, -0.05) is 13.8 Å². The first-order chi connectivity index (χ1) is 10.8. The van der Waals surface area contributed by atoms with Crippen LogP contribution in [0.5, 0.6) is 0 Å². The third-order valence-corrected chi connectivity index (χ3v) is 5.53. The molecule has 4 atom stereocenters. The Morgan fingerprint density at radius 1 is 1.57 bits per heavy atom. The summed E-state index contributed by atoms with van der Waals surface area (Å²) in [6.07, 6.45) is 2.51. The smallest absolute Gasteiger partial charge is 0.339 e. The molecule has 0 amide bonds. The molecule has 0 saturated carbocycles. The van der Waals surface area contributed by atoms with E-state index in [4.69, 9.17) is 21.1 Å². The monoisotopic (exact) mass is 338 g/mol. The fourth-order valence-corrected chi connectivity index (χ4v) is 3.68. The van der Waals surface area contributed by atoms with E-state index in [9.17, 15) is 14.7 Å². The Hall–Kier alpha value is -1.59. The van der Waals surface area contributed by atoms with Crippen LogP contribution in [0.15, 0.2) is 34.6 Å². The summed E-state index contributed by atoms with van der Waals surface area (Å²) in [5, 5.41) is 10.3. The number of alkyl halides is 1. The lowest BCUT2D eigenvalue weighted by molar-refractivity contribution is -0.158. The van der Waals surface area contributed by atoms with Crippen LogP contribution in [-0.4, -0.2) is 35.1 Å². The summed E-state index contributed by atoms with van der Waals surface area (Å²) in [4.78, 5) is 23.3.